The Balaban J connectivity index is 1.73. The first-order chi connectivity index (χ1) is 17.1. The number of pyridine rings is 1. The second-order valence-electron chi connectivity index (χ2n) is 8.32. The van der Waals surface area contributed by atoms with Crippen LogP contribution in [0.25, 0.3) is 11.1 Å². The van der Waals surface area contributed by atoms with Gasteiger partial charge in [-0.3, -0.25) is 14.1 Å². The molecule has 2 heterocycles. The molecule has 0 saturated heterocycles. The number of anilines is 3. The summed E-state index contributed by atoms with van der Waals surface area (Å²) >= 11 is 0. The van der Waals surface area contributed by atoms with Gasteiger partial charge in [0.2, 0.25) is 15.9 Å². The molecule has 0 unspecified atom stereocenters. The molecule has 2 aromatic carbocycles. The molecular formula is C25H26N4O6S. The maximum Gasteiger partial charge on any atom is 0.421 e. The lowest BCUT2D eigenvalue weighted by atomic mass is 10.0. The maximum atomic E-state index is 13.1. The van der Waals surface area contributed by atoms with Gasteiger partial charge in [-0.05, 0) is 48.4 Å². The minimum atomic E-state index is -3.39. The molecule has 36 heavy (non-hydrogen) atoms. The van der Waals surface area contributed by atoms with Crippen molar-refractivity contribution in [3.05, 3.63) is 66.9 Å². The molecule has 1 aliphatic rings. The van der Waals surface area contributed by atoms with Crippen molar-refractivity contribution in [1.82, 2.24) is 4.98 Å². The molecule has 1 aromatic heterocycles. The number of fused-ring (bicyclic) bond motifs is 1. The van der Waals surface area contributed by atoms with Crippen LogP contribution in [0.15, 0.2) is 66.9 Å². The number of carbonyl (C=O) groups excluding carboxylic acids is 2. The summed E-state index contributed by atoms with van der Waals surface area (Å²) in [5, 5.41) is 0. The Kier molecular flexibility index (Phi) is 6.84. The number of sulfonamides is 1. The van der Waals surface area contributed by atoms with Crippen LogP contribution < -0.4 is 18.8 Å². The van der Waals surface area contributed by atoms with E-state index in [1.165, 1.54) is 34.5 Å². The Morgan fingerprint density at radius 3 is 2.31 bits per heavy atom. The number of carbonyl (C=O) groups is 2. The van der Waals surface area contributed by atoms with E-state index in [0.717, 1.165) is 17.4 Å². The number of rotatable bonds is 4. The number of benzene rings is 2. The summed E-state index contributed by atoms with van der Waals surface area (Å²) in [6.45, 7) is 1.99. The van der Waals surface area contributed by atoms with Crippen molar-refractivity contribution in [2.24, 2.45) is 0 Å². The van der Waals surface area contributed by atoms with Gasteiger partial charge in [-0.25, -0.2) is 23.0 Å². The molecule has 0 bridgehead atoms. The van der Waals surface area contributed by atoms with Gasteiger partial charge in [0.25, 0.3) is 0 Å². The van der Waals surface area contributed by atoms with Gasteiger partial charge in [0.05, 0.1) is 43.0 Å². The molecule has 0 fully saturated rings. The minimum absolute atomic E-state index is 0.161. The number of methoxy groups -OCH3 is 1. The topological polar surface area (TPSA) is 109 Å². The van der Waals surface area contributed by atoms with Crippen LogP contribution in [0.5, 0.6) is 5.88 Å². The van der Waals surface area contributed by atoms with E-state index in [1.807, 2.05) is 13.0 Å². The number of hydrogen-bond acceptors (Lipinski definition) is 7. The van der Waals surface area contributed by atoms with E-state index in [1.54, 1.807) is 54.6 Å². The fraction of sp³-hybridized carbons (Fsp3) is 0.240. The van der Waals surface area contributed by atoms with E-state index in [-0.39, 0.29) is 18.5 Å². The van der Waals surface area contributed by atoms with Crippen molar-refractivity contribution < 1.29 is 27.5 Å². The Labute approximate surface area is 209 Å². The number of hydrogen-bond donors (Lipinski definition) is 0. The zero-order valence-corrected chi connectivity index (χ0v) is 21.1. The van der Waals surface area contributed by atoms with Crippen molar-refractivity contribution in [3.8, 4) is 17.0 Å². The van der Waals surface area contributed by atoms with E-state index >= 15 is 0 Å². The summed E-state index contributed by atoms with van der Waals surface area (Å²) in [5.74, 6) is 0.161. The second-order valence-corrected chi connectivity index (χ2v) is 10.3. The second kappa shape index (κ2) is 9.86. The third-order valence-electron chi connectivity index (χ3n) is 5.90. The summed E-state index contributed by atoms with van der Waals surface area (Å²) in [7, 11) is -0.601. The Morgan fingerprint density at radius 1 is 1.00 bits per heavy atom. The SMILES string of the molecule is COC(=O)N1c2ccc(-c3ccc(N(C)S(C)(=O)=O)cc3)cc2N(C(=O)Oc2ccccn2)C[C@@H]1C. The molecule has 1 atom stereocenters. The molecule has 188 valence electrons. The average Bonchev–Trinajstić information content (AvgIpc) is 2.87. The van der Waals surface area contributed by atoms with Crippen LogP contribution in [0.2, 0.25) is 0 Å². The molecule has 1 aliphatic heterocycles. The van der Waals surface area contributed by atoms with Crippen LogP contribution in [0.4, 0.5) is 26.7 Å². The van der Waals surface area contributed by atoms with Crippen molar-refractivity contribution in [2.45, 2.75) is 13.0 Å². The fourth-order valence-electron chi connectivity index (χ4n) is 3.96. The maximum absolute atomic E-state index is 13.1. The highest BCUT2D eigenvalue weighted by Gasteiger charge is 2.36. The van der Waals surface area contributed by atoms with Crippen molar-refractivity contribution in [1.29, 1.82) is 0 Å². The lowest BCUT2D eigenvalue weighted by Gasteiger charge is -2.39. The third-order valence-corrected chi connectivity index (χ3v) is 7.10. The van der Waals surface area contributed by atoms with E-state index in [4.69, 9.17) is 9.47 Å². The Hall–Kier alpha value is -4.12. The first kappa shape index (κ1) is 25.0. The Morgan fingerprint density at radius 2 is 1.69 bits per heavy atom. The molecule has 10 nitrogen and oxygen atoms in total. The molecular weight excluding hydrogens is 484 g/mol. The molecule has 4 rings (SSSR count). The molecule has 0 radical (unpaired) electrons. The van der Waals surface area contributed by atoms with Crippen molar-refractivity contribution in [3.63, 3.8) is 0 Å². The van der Waals surface area contributed by atoms with Crippen LogP contribution in [0, 0.1) is 0 Å². The van der Waals surface area contributed by atoms with Gasteiger partial charge in [0.15, 0.2) is 0 Å². The van der Waals surface area contributed by atoms with E-state index in [2.05, 4.69) is 4.98 Å². The molecule has 2 amide bonds. The first-order valence-electron chi connectivity index (χ1n) is 11.1. The number of aromatic nitrogens is 1. The lowest BCUT2D eigenvalue weighted by Crippen LogP contribution is -2.52. The monoisotopic (exact) mass is 510 g/mol. The van der Waals surface area contributed by atoms with Crippen molar-refractivity contribution in [2.75, 3.05) is 41.1 Å². The van der Waals surface area contributed by atoms with Crippen LogP contribution in [0.3, 0.4) is 0 Å². The van der Waals surface area contributed by atoms with E-state index in [9.17, 15) is 18.0 Å². The van der Waals surface area contributed by atoms with Crippen LogP contribution >= 0.6 is 0 Å². The summed E-state index contributed by atoms with van der Waals surface area (Å²) in [5.41, 5.74) is 3.04. The molecule has 0 N–H and O–H groups in total. The van der Waals surface area contributed by atoms with Gasteiger partial charge in [0, 0.05) is 19.3 Å². The molecule has 0 saturated carbocycles. The summed E-state index contributed by atoms with van der Waals surface area (Å²) in [6.07, 6.45) is 1.49. The summed E-state index contributed by atoms with van der Waals surface area (Å²) < 4.78 is 35.3. The predicted octanol–water partition coefficient (Wildman–Crippen LogP) is 4.12. The summed E-state index contributed by atoms with van der Waals surface area (Å²) in [4.78, 5) is 32.7. The highest BCUT2D eigenvalue weighted by atomic mass is 32.2. The standard InChI is InChI=1S/C25H26N4O6S/c1-17-16-28(24(30)35-23-7-5-6-14-26-23)22-15-19(10-13-21(22)29(17)25(31)34-3)18-8-11-20(12-9-18)27(2)36(4,32)33/h5-15,17H,16H2,1-4H3/t17-/m0/s1. The van der Waals surface area contributed by atoms with Gasteiger partial charge in [0.1, 0.15) is 0 Å². The van der Waals surface area contributed by atoms with Gasteiger partial charge in [-0.2, -0.15) is 0 Å². The van der Waals surface area contributed by atoms with Crippen LogP contribution in [-0.2, 0) is 14.8 Å². The highest BCUT2D eigenvalue weighted by molar-refractivity contribution is 7.92. The zero-order valence-electron chi connectivity index (χ0n) is 20.3. The number of ether oxygens (including phenoxy) is 2. The molecule has 0 aliphatic carbocycles. The van der Waals surface area contributed by atoms with E-state index in [0.29, 0.717) is 17.1 Å². The number of nitrogens with zero attached hydrogens (tertiary/aromatic N) is 4. The van der Waals surface area contributed by atoms with Gasteiger partial charge in [-0.1, -0.05) is 24.3 Å². The third kappa shape index (κ3) is 4.96. The van der Waals surface area contributed by atoms with Crippen molar-refractivity contribution >= 4 is 39.3 Å². The Bertz CT molecular complexity index is 1380. The smallest absolute Gasteiger partial charge is 0.421 e. The zero-order chi connectivity index (χ0) is 26.0. The molecule has 3 aromatic rings. The lowest BCUT2D eigenvalue weighted by molar-refractivity contribution is 0.175. The summed E-state index contributed by atoms with van der Waals surface area (Å²) in [6, 6.07) is 17.0. The largest absolute Gasteiger partial charge is 0.452 e. The normalized spacial score (nSPS) is 15.2. The minimum Gasteiger partial charge on any atom is -0.452 e. The number of amides is 2. The van der Waals surface area contributed by atoms with Gasteiger partial charge >= 0.3 is 12.2 Å². The van der Waals surface area contributed by atoms with Gasteiger partial charge < -0.3 is 9.47 Å². The first-order valence-corrected chi connectivity index (χ1v) is 12.9. The molecule has 0 spiro atoms. The molecule has 11 heteroatoms. The van der Waals surface area contributed by atoms with Crippen LogP contribution in [-0.4, -0.2) is 58.6 Å². The van der Waals surface area contributed by atoms with Crippen LogP contribution in [0.1, 0.15) is 6.92 Å². The predicted molar refractivity (Wildman–Crippen MR) is 137 cm³/mol. The van der Waals surface area contributed by atoms with E-state index < -0.39 is 22.2 Å². The fourth-order valence-corrected chi connectivity index (χ4v) is 4.47. The quantitative estimate of drug-likeness (QED) is 0.519. The average molecular weight is 511 g/mol. The highest BCUT2D eigenvalue weighted by Crippen LogP contribution is 2.39. The van der Waals surface area contributed by atoms with Gasteiger partial charge in [-0.15, -0.1) is 0 Å².